The quantitative estimate of drug-likeness (QED) is 0.391. The number of hydrogen-bond acceptors (Lipinski definition) is 5. The number of aryl methyl sites for hydroxylation is 1. The van der Waals surface area contributed by atoms with Crippen molar-refractivity contribution >= 4 is 27.4 Å². The minimum absolute atomic E-state index is 0.0792. The van der Waals surface area contributed by atoms with E-state index in [0.717, 1.165) is 36.8 Å². The van der Waals surface area contributed by atoms with Crippen LogP contribution in [0.5, 0.6) is 0 Å². The van der Waals surface area contributed by atoms with Crippen molar-refractivity contribution in [3.8, 4) is 0 Å². The molecule has 2 aromatic rings. The molecule has 8 heteroatoms. The van der Waals surface area contributed by atoms with Crippen molar-refractivity contribution in [2.45, 2.75) is 94.0 Å². The molecule has 2 fully saturated rings. The minimum atomic E-state index is -3.99. The van der Waals surface area contributed by atoms with E-state index in [2.05, 4.69) is 14.9 Å². The van der Waals surface area contributed by atoms with Crippen molar-refractivity contribution in [3.05, 3.63) is 53.1 Å². The lowest BCUT2D eigenvalue weighted by atomic mass is 9.87. The molecule has 1 saturated carbocycles. The van der Waals surface area contributed by atoms with Crippen LogP contribution < -0.4 is 10.0 Å². The number of carboxylic acid groups (broad SMARTS) is 1. The van der Waals surface area contributed by atoms with Crippen molar-refractivity contribution in [2.75, 3.05) is 23.1 Å². The van der Waals surface area contributed by atoms with Crippen LogP contribution in [0.3, 0.4) is 0 Å². The van der Waals surface area contributed by atoms with Crippen LogP contribution in [0.4, 0.5) is 11.4 Å². The largest absolute Gasteiger partial charge is 0.478 e. The smallest absolute Gasteiger partial charge is 0.338 e. The van der Waals surface area contributed by atoms with Gasteiger partial charge >= 0.3 is 5.97 Å². The number of hydrogen-bond donors (Lipinski definition) is 3. The topological polar surface area (TPSA) is 98.7 Å². The zero-order valence-electron chi connectivity index (χ0n) is 21.5. The lowest BCUT2D eigenvalue weighted by Crippen LogP contribution is -2.45. The first-order chi connectivity index (χ1) is 17.9. The molecule has 3 N–H and O–H groups in total. The molecule has 2 aromatic carbocycles. The Kier molecular flexibility index (Phi) is 8.05. The lowest BCUT2D eigenvalue weighted by molar-refractivity contribution is 0.0696. The summed E-state index contributed by atoms with van der Waals surface area (Å²) in [6, 6.07) is 11.6. The number of fused-ring (bicyclic) bond motifs is 1. The van der Waals surface area contributed by atoms with Crippen LogP contribution in [-0.4, -0.2) is 49.6 Å². The number of anilines is 2. The second-order valence-corrected chi connectivity index (χ2v) is 12.4. The molecule has 7 nitrogen and oxygen atoms in total. The summed E-state index contributed by atoms with van der Waals surface area (Å²) in [7, 11) is -3.99. The van der Waals surface area contributed by atoms with Crippen LogP contribution in [0, 0.1) is 0 Å². The molecule has 1 heterocycles. The highest BCUT2D eigenvalue weighted by atomic mass is 32.2. The molecule has 200 valence electrons. The Morgan fingerprint density at radius 1 is 0.919 bits per heavy atom. The third-order valence-corrected chi connectivity index (χ3v) is 9.85. The zero-order valence-corrected chi connectivity index (χ0v) is 22.4. The molecular weight excluding hydrogens is 486 g/mol. The van der Waals surface area contributed by atoms with Gasteiger partial charge in [-0.2, -0.15) is 0 Å². The summed E-state index contributed by atoms with van der Waals surface area (Å²) in [6.45, 7) is 1.87. The molecule has 2 aliphatic carbocycles. The Morgan fingerprint density at radius 2 is 1.68 bits per heavy atom. The van der Waals surface area contributed by atoms with E-state index in [1.165, 1.54) is 51.5 Å². The van der Waals surface area contributed by atoms with Gasteiger partial charge in [-0.1, -0.05) is 37.5 Å². The van der Waals surface area contributed by atoms with Gasteiger partial charge in [-0.05, 0) is 93.7 Å². The number of sulfonamides is 1. The third-order valence-electron chi connectivity index (χ3n) is 8.43. The highest BCUT2D eigenvalue weighted by Crippen LogP contribution is 2.33. The summed E-state index contributed by atoms with van der Waals surface area (Å²) >= 11 is 0. The Morgan fingerprint density at radius 3 is 2.49 bits per heavy atom. The predicted molar refractivity (Wildman–Crippen MR) is 147 cm³/mol. The van der Waals surface area contributed by atoms with Gasteiger partial charge in [-0.3, -0.25) is 9.62 Å². The summed E-state index contributed by atoms with van der Waals surface area (Å²) in [5, 5.41) is 13.3. The molecule has 0 bridgehead atoms. The average molecular weight is 526 g/mol. The van der Waals surface area contributed by atoms with Gasteiger partial charge in [0.2, 0.25) is 0 Å². The van der Waals surface area contributed by atoms with E-state index in [0.29, 0.717) is 30.7 Å². The van der Waals surface area contributed by atoms with E-state index in [9.17, 15) is 18.3 Å². The normalized spacial score (nSPS) is 20.9. The fourth-order valence-electron chi connectivity index (χ4n) is 6.63. The van der Waals surface area contributed by atoms with Gasteiger partial charge < -0.3 is 10.4 Å². The fraction of sp³-hybridized carbons (Fsp3) is 0.552. The van der Waals surface area contributed by atoms with Crippen LogP contribution in [0.1, 0.15) is 85.7 Å². The molecule has 37 heavy (non-hydrogen) atoms. The third kappa shape index (κ3) is 5.80. The van der Waals surface area contributed by atoms with E-state index < -0.39 is 16.0 Å². The van der Waals surface area contributed by atoms with E-state index in [1.54, 1.807) is 24.3 Å². The van der Waals surface area contributed by atoms with Crippen molar-refractivity contribution in [2.24, 2.45) is 0 Å². The first-order valence-corrected chi connectivity index (χ1v) is 15.4. The number of carbonyl (C=O) groups is 1. The Labute approximate surface area is 220 Å². The molecule has 0 radical (unpaired) electrons. The Balaban J connectivity index is 1.31. The fourth-order valence-corrected chi connectivity index (χ4v) is 7.88. The zero-order chi connectivity index (χ0) is 25.8. The minimum Gasteiger partial charge on any atom is -0.478 e. The molecule has 1 unspecified atom stereocenters. The highest BCUT2D eigenvalue weighted by Gasteiger charge is 2.30. The summed E-state index contributed by atoms with van der Waals surface area (Å²) in [5.74, 6) is -1.10. The van der Waals surface area contributed by atoms with Gasteiger partial charge in [0.25, 0.3) is 10.0 Å². The van der Waals surface area contributed by atoms with E-state index in [1.807, 2.05) is 12.1 Å². The van der Waals surface area contributed by atoms with Gasteiger partial charge in [0.1, 0.15) is 4.90 Å². The van der Waals surface area contributed by atoms with Crippen molar-refractivity contribution in [1.82, 2.24) is 4.90 Å². The summed E-state index contributed by atoms with van der Waals surface area (Å²) in [5.41, 5.74) is 2.52. The number of rotatable bonds is 9. The summed E-state index contributed by atoms with van der Waals surface area (Å²) < 4.78 is 29.6. The Bertz CT molecular complexity index is 1220. The molecule has 1 aliphatic heterocycles. The van der Waals surface area contributed by atoms with Crippen molar-refractivity contribution in [1.29, 1.82) is 0 Å². The molecule has 5 rings (SSSR count). The maximum atomic E-state index is 13.5. The van der Waals surface area contributed by atoms with Gasteiger partial charge in [-0.25, -0.2) is 13.2 Å². The number of benzene rings is 2. The molecular formula is C29H39N3O4S. The SMILES string of the molecule is O=C(O)c1c(NS(=O)(=O)c2ccccc2NCCC2CCCCN2C2CCCC2)ccc2c1CCCC2. The van der Waals surface area contributed by atoms with Crippen molar-refractivity contribution < 1.29 is 18.3 Å². The van der Waals surface area contributed by atoms with Crippen LogP contribution in [-0.2, 0) is 22.9 Å². The molecule has 0 aromatic heterocycles. The number of aromatic carboxylic acids is 1. The summed E-state index contributed by atoms with van der Waals surface area (Å²) in [6.07, 6.45) is 13.4. The second kappa shape index (κ2) is 11.4. The molecule has 3 aliphatic rings. The number of piperidine rings is 1. The van der Waals surface area contributed by atoms with E-state index in [4.69, 9.17) is 0 Å². The molecule has 0 amide bonds. The second-order valence-electron chi connectivity index (χ2n) is 10.8. The Hall–Kier alpha value is -2.58. The first kappa shape index (κ1) is 26.0. The number of likely N-dealkylation sites (tertiary alicyclic amines) is 1. The van der Waals surface area contributed by atoms with Gasteiger partial charge in [-0.15, -0.1) is 0 Å². The number of nitrogens with zero attached hydrogens (tertiary/aromatic N) is 1. The van der Waals surface area contributed by atoms with Crippen molar-refractivity contribution in [3.63, 3.8) is 0 Å². The predicted octanol–water partition coefficient (Wildman–Crippen LogP) is 5.66. The van der Waals surface area contributed by atoms with Gasteiger partial charge in [0.15, 0.2) is 0 Å². The highest BCUT2D eigenvalue weighted by molar-refractivity contribution is 7.92. The first-order valence-electron chi connectivity index (χ1n) is 13.9. The molecule has 0 spiro atoms. The van der Waals surface area contributed by atoms with Crippen LogP contribution in [0.25, 0.3) is 0 Å². The standard InChI is InChI=1S/C29H39N3O4S/c33-29(34)28-24-13-4-1-9-21(24)16-17-26(28)31-37(35,36)27-15-6-5-14-25(27)30-19-18-23-12-7-8-20-32(23)22-10-2-3-11-22/h5-6,14-17,22-23,30-31H,1-4,7-13,18-20H2,(H,33,34). The van der Waals surface area contributed by atoms with Crippen LogP contribution in [0.2, 0.25) is 0 Å². The van der Waals surface area contributed by atoms with E-state index in [-0.39, 0.29) is 16.1 Å². The molecule has 1 atom stereocenters. The van der Waals surface area contributed by atoms with Gasteiger partial charge in [0.05, 0.1) is 16.9 Å². The monoisotopic (exact) mass is 525 g/mol. The number of carboxylic acids is 1. The number of nitrogens with one attached hydrogen (secondary N) is 2. The van der Waals surface area contributed by atoms with Crippen LogP contribution >= 0.6 is 0 Å². The van der Waals surface area contributed by atoms with E-state index >= 15 is 0 Å². The lowest BCUT2D eigenvalue weighted by Gasteiger charge is -2.40. The summed E-state index contributed by atoms with van der Waals surface area (Å²) in [4.78, 5) is 15.0. The molecule has 1 saturated heterocycles. The van der Waals surface area contributed by atoms with Gasteiger partial charge in [0, 0.05) is 18.6 Å². The average Bonchev–Trinajstić information content (AvgIpc) is 3.43. The number of para-hydroxylation sites is 1. The van der Waals surface area contributed by atoms with Crippen LogP contribution in [0.15, 0.2) is 41.3 Å². The maximum absolute atomic E-state index is 13.5. The maximum Gasteiger partial charge on any atom is 0.338 e.